The molecule has 136 valence electrons. The lowest BCUT2D eigenvalue weighted by molar-refractivity contribution is -0.149. The predicted molar refractivity (Wildman–Crippen MR) is 85.7 cm³/mol. The van der Waals surface area contributed by atoms with E-state index in [-0.39, 0.29) is 37.1 Å². The highest BCUT2D eigenvalue weighted by atomic mass is 19.1. The van der Waals surface area contributed by atoms with E-state index in [0.29, 0.717) is 6.07 Å². The van der Waals surface area contributed by atoms with Crippen LogP contribution < -0.4 is 4.90 Å². The second-order valence-corrected chi connectivity index (χ2v) is 6.14. The first-order valence-corrected chi connectivity index (χ1v) is 7.87. The van der Waals surface area contributed by atoms with Crippen LogP contribution in [0.5, 0.6) is 0 Å². The molecule has 1 unspecified atom stereocenters. The average Bonchev–Trinajstić information content (AvgIpc) is 2.93. The second-order valence-electron chi connectivity index (χ2n) is 6.14. The Morgan fingerprint density at radius 3 is 2.60 bits per heavy atom. The fraction of sp³-hybridized carbons (Fsp3) is 0.471. The number of anilines is 1. The first-order valence-electron chi connectivity index (χ1n) is 7.87. The van der Waals surface area contributed by atoms with Crippen LogP contribution in [0.4, 0.5) is 14.5 Å². The van der Waals surface area contributed by atoms with Crippen molar-refractivity contribution in [1.29, 1.82) is 0 Å². The molecule has 0 bridgehead atoms. The third-order valence-electron chi connectivity index (χ3n) is 4.11. The summed E-state index contributed by atoms with van der Waals surface area (Å²) in [6.07, 6.45) is -0.0972. The highest BCUT2D eigenvalue weighted by Crippen LogP contribution is 2.29. The van der Waals surface area contributed by atoms with Gasteiger partial charge in [0.05, 0.1) is 18.7 Å². The molecule has 1 aliphatic rings. The highest BCUT2D eigenvalue weighted by Gasteiger charge is 2.39. The van der Waals surface area contributed by atoms with Gasteiger partial charge >= 0.3 is 5.97 Å². The second kappa shape index (κ2) is 7.58. The minimum absolute atomic E-state index is 0.0232. The number of carbonyl (C=O) groups is 3. The minimum Gasteiger partial charge on any atom is -0.468 e. The maximum absolute atomic E-state index is 13.9. The first kappa shape index (κ1) is 18.8. The molecule has 1 aromatic carbocycles. The topological polar surface area (TPSA) is 66.9 Å². The Hall–Kier alpha value is -2.51. The molecule has 0 N–H and O–H groups in total. The molecule has 0 radical (unpaired) electrons. The van der Waals surface area contributed by atoms with Crippen molar-refractivity contribution >= 4 is 23.5 Å². The molecular weight excluding hydrogens is 334 g/mol. The van der Waals surface area contributed by atoms with E-state index in [1.165, 1.54) is 18.1 Å². The van der Waals surface area contributed by atoms with E-state index in [2.05, 4.69) is 4.74 Å². The van der Waals surface area contributed by atoms with Crippen LogP contribution in [0.15, 0.2) is 18.2 Å². The summed E-state index contributed by atoms with van der Waals surface area (Å²) in [7, 11) is 1.23. The van der Waals surface area contributed by atoms with Crippen LogP contribution in [-0.4, -0.2) is 48.9 Å². The van der Waals surface area contributed by atoms with Gasteiger partial charge in [-0.15, -0.1) is 0 Å². The molecule has 8 heteroatoms. The zero-order valence-corrected chi connectivity index (χ0v) is 14.3. The van der Waals surface area contributed by atoms with Crippen molar-refractivity contribution in [3.8, 4) is 0 Å². The summed E-state index contributed by atoms with van der Waals surface area (Å²) in [6.45, 7) is 3.25. The van der Waals surface area contributed by atoms with E-state index in [4.69, 9.17) is 0 Å². The van der Waals surface area contributed by atoms with Gasteiger partial charge in [-0.05, 0) is 26.0 Å². The molecule has 0 aliphatic carbocycles. The Morgan fingerprint density at radius 2 is 2.04 bits per heavy atom. The maximum Gasteiger partial charge on any atom is 0.325 e. The quantitative estimate of drug-likeness (QED) is 0.756. The minimum atomic E-state index is -0.864. The van der Waals surface area contributed by atoms with E-state index in [1.54, 1.807) is 13.8 Å². The lowest BCUT2D eigenvalue weighted by atomic mass is 10.1. The van der Waals surface area contributed by atoms with Crippen molar-refractivity contribution < 1.29 is 27.9 Å². The van der Waals surface area contributed by atoms with Crippen LogP contribution in [0.1, 0.15) is 20.3 Å². The van der Waals surface area contributed by atoms with Gasteiger partial charge in [-0.25, -0.2) is 8.78 Å². The molecule has 1 aromatic rings. The summed E-state index contributed by atoms with van der Waals surface area (Å²) in [6, 6.07) is 2.65. The Balaban J connectivity index is 2.17. The summed E-state index contributed by atoms with van der Waals surface area (Å²) in [4.78, 5) is 38.8. The lowest BCUT2D eigenvalue weighted by Gasteiger charge is -2.28. The number of methoxy groups -OCH3 is 1. The van der Waals surface area contributed by atoms with E-state index >= 15 is 0 Å². The number of amides is 2. The third-order valence-corrected chi connectivity index (χ3v) is 4.11. The van der Waals surface area contributed by atoms with Gasteiger partial charge in [-0.3, -0.25) is 14.4 Å². The normalized spacial score (nSPS) is 17.1. The summed E-state index contributed by atoms with van der Waals surface area (Å²) in [5, 5.41) is 0. The molecule has 6 nitrogen and oxygen atoms in total. The first-order chi connectivity index (χ1) is 11.7. The van der Waals surface area contributed by atoms with Gasteiger partial charge in [0, 0.05) is 25.1 Å². The number of esters is 1. The zero-order valence-electron chi connectivity index (χ0n) is 14.3. The molecule has 0 saturated carbocycles. The molecular formula is C17H20F2N2O4. The lowest BCUT2D eigenvalue weighted by Crippen LogP contribution is -2.44. The number of carbonyl (C=O) groups excluding carboxylic acids is 3. The van der Waals surface area contributed by atoms with Crippen molar-refractivity contribution in [2.75, 3.05) is 25.1 Å². The number of hydrogen-bond donors (Lipinski definition) is 0. The summed E-state index contributed by atoms with van der Waals surface area (Å²) < 4.78 is 31.5. The Kier molecular flexibility index (Phi) is 5.71. The molecule has 1 fully saturated rings. The Morgan fingerprint density at radius 1 is 1.36 bits per heavy atom. The number of benzene rings is 1. The SMILES string of the molecule is COC(=O)CN(C(=O)C1CC(=O)N(c2ccc(F)cc2F)C1)C(C)C. The third kappa shape index (κ3) is 4.12. The van der Waals surface area contributed by atoms with Gasteiger partial charge in [0.1, 0.15) is 18.2 Å². The predicted octanol–water partition coefficient (Wildman–Crippen LogP) is 1.73. The van der Waals surface area contributed by atoms with E-state index in [1.807, 2.05) is 0 Å². The molecule has 0 aromatic heterocycles. The fourth-order valence-corrected chi connectivity index (χ4v) is 2.76. The van der Waals surface area contributed by atoms with Gasteiger partial charge in [0.25, 0.3) is 0 Å². The highest BCUT2D eigenvalue weighted by molar-refractivity contribution is 6.00. The molecule has 1 saturated heterocycles. The van der Waals surface area contributed by atoms with E-state index < -0.39 is 29.4 Å². The standard InChI is InChI=1S/C17H20F2N2O4/c1-10(2)20(9-16(23)25-3)17(24)11-6-15(22)21(8-11)14-5-4-12(18)7-13(14)19/h4-5,7,10-11H,6,8-9H2,1-3H3. The van der Waals surface area contributed by atoms with Crippen LogP contribution in [-0.2, 0) is 19.1 Å². The fourth-order valence-electron chi connectivity index (χ4n) is 2.76. The van der Waals surface area contributed by atoms with Crippen molar-refractivity contribution in [3.63, 3.8) is 0 Å². The number of hydrogen-bond acceptors (Lipinski definition) is 4. The van der Waals surface area contributed by atoms with Crippen LogP contribution >= 0.6 is 0 Å². The number of ether oxygens (including phenoxy) is 1. The van der Waals surface area contributed by atoms with Gasteiger partial charge in [-0.2, -0.15) is 0 Å². The maximum atomic E-state index is 13.9. The van der Waals surface area contributed by atoms with E-state index in [0.717, 1.165) is 11.0 Å². The van der Waals surface area contributed by atoms with Crippen molar-refractivity contribution in [1.82, 2.24) is 4.90 Å². The molecule has 2 amide bonds. The van der Waals surface area contributed by atoms with Gasteiger partial charge < -0.3 is 14.5 Å². The van der Waals surface area contributed by atoms with Gasteiger partial charge in [0.15, 0.2) is 0 Å². The molecule has 25 heavy (non-hydrogen) atoms. The van der Waals surface area contributed by atoms with Crippen LogP contribution in [0.25, 0.3) is 0 Å². The van der Waals surface area contributed by atoms with Crippen molar-refractivity contribution in [2.45, 2.75) is 26.3 Å². The monoisotopic (exact) mass is 354 g/mol. The molecule has 1 heterocycles. The Bertz CT molecular complexity index is 693. The van der Waals surface area contributed by atoms with Gasteiger partial charge in [0.2, 0.25) is 11.8 Å². The van der Waals surface area contributed by atoms with Gasteiger partial charge in [-0.1, -0.05) is 0 Å². The largest absolute Gasteiger partial charge is 0.468 e. The summed E-state index contributed by atoms with van der Waals surface area (Å²) in [5.41, 5.74) is -0.0641. The Labute approximate surface area is 144 Å². The summed E-state index contributed by atoms with van der Waals surface area (Å²) in [5.74, 6) is -3.68. The molecule has 1 aliphatic heterocycles. The summed E-state index contributed by atoms with van der Waals surface area (Å²) >= 11 is 0. The number of rotatable bonds is 5. The van der Waals surface area contributed by atoms with Crippen LogP contribution in [0, 0.1) is 17.6 Å². The van der Waals surface area contributed by atoms with Crippen molar-refractivity contribution in [3.05, 3.63) is 29.8 Å². The average molecular weight is 354 g/mol. The number of nitrogens with zero attached hydrogens (tertiary/aromatic N) is 2. The molecule has 0 spiro atoms. The number of halogens is 2. The van der Waals surface area contributed by atoms with E-state index in [9.17, 15) is 23.2 Å². The zero-order chi connectivity index (χ0) is 18.7. The van der Waals surface area contributed by atoms with Crippen LogP contribution in [0.3, 0.4) is 0 Å². The molecule has 2 rings (SSSR count). The van der Waals surface area contributed by atoms with Crippen molar-refractivity contribution in [2.24, 2.45) is 5.92 Å². The molecule has 1 atom stereocenters. The smallest absolute Gasteiger partial charge is 0.325 e. The van der Waals surface area contributed by atoms with Crippen LogP contribution in [0.2, 0.25) is 0 Å².